The molecule has 2 aromatic heterocycles. The maximum Gasteiger partial charge on any atom is 0.230 e. The molecule has 0 radical (unpaired) electrons. The molecular formula is C20H18N4O2. The van der Waals surface area contributed by atoms with E-state index in [4.69, 9.17) is 9.26 Å². The Bertz CT molecular complexity index is 1020. The fourth-order valence-electron chi connectivity index (χ4n) is 2.67. The Morgan fingerprint density at radius 3 is 2.88 bits per heavy atom. The summed E-state index contributed by atoms with van der Waals surface area (Å²) in [5.74, 6) is 2.40. The lowest BCUT2D eigenvalue weighted by molar-refractivity contribution is 0.375. The maximum absolute atomic E-state index is 5.99. The molecule has 0 saturated heterocycles. The number of para-hydroxylation sites is 1. The van der Waals surface area contributed by atoms with Crippen molar-refractivity contribution in [1.82, 2.24) is 20.1 Å². The van der Waals surface area contributed by atoms with E-state index >= 15 is 0 Å². The first-order valence-corrected chi connectivity index (χ1v) is 8.64. The van der Waals surface area contributed by atoms with Crippen molar-refractivity contribution >= 4 is 10.9 Å². The Morgan fingerprint density at radius 1 is 1.04 bits per heavy atom. The van der Waals surface area contributed by atoms with Crippen LogP contribution in [0.1, 0.15) is 25.7 Å². The minimum absolute atomic E-state index is 0.518. The Labute approximate surface area is 150 Å². The molecule has 4 aromatic rings. The summed E-state index contributed by atoms with van der Waals surface area (Å²) in [6, 6.07) is 15.3. The first-order chi connectivity index (χ1) is 12.8. The van der Waals surface area contributed by atoms with Crippen LogP contribution in [0, 0.1) is 0 Å². The number of hydrogen-bond acceptors (Lipinski definition) is 6. The van der Waals surface area contributed by atoms with Crippen LogP contribution >= 0.6 is 0 Å². The highest BCUT2D eigenvalue weighted by molar-refractivity contribution is 5.83. The van der Waals surface area contributed by atoms with E-state index in [1.807, 2.05) is 48.5 Å². The molecule has 0 spiro atoms. The lowest BCUT2D eigenvalue weighted by Crippen LogP contribution is -1.92. The van der Waals surface area contributed by atoms with Gasteiger partial charge in [-0.1, -0.05) is 42.8 Å². The van der Waals surface area contributed by atoms with Gasteiger partial charge in [-0.3, -0.25) is 0 Å². The normalized spacial score (nSPS) is 11.0. The second-order valence-corrected chi connectivity index (χ2v) is 5.94. The number of aromatic nitrogens is 4. The van der Waals surface area contributed by atoms with Gasteiger partial charge in [0.05, 0.1) is 10.9 Å². The van der Waals surface area contributed by atoms with Crippen LogP contribution in [0.3, 0.4) is 0 Å². The molecule has 2 heterocycles. The summed E-state index contributed by atoms with van der Waals surface area (Å²) in [7, 11) is 0. The topological polar surface area (TPSA) is 73.9 Å². The van der Waals surface area contributed by atoms with Crippen molar-refractivity contribution in [1.29, 1.82) is 0 Å². The van der Waals surface area contributed by atoms with Gasteiger partial charge < -0.3 is 9.26 Å². The minimum Gasteiger partial charge on any atom is -0.438 e. The van der Waals surface area contributed by atoms with Gasteiger partial charge in [0.15, 0.2) is 0 Å². The van der Waals surface area contributed by atoms with Crippen LogP contribution in [0.2, 0.25) is 0 Å². The third-order valence-corrected chi connectivity index (χ3v) is 4.03. The zero-order chi connectivity index (χ0) is 17.8. The van der Waals surface area contributed by atoms with E-state index in [2.05, 4.69) is 27.0 Å². The average molecular weight is 346 g/mol. The zero-order valence-electron chi connectivity index (χ0n) is 14.4. The number of hydrogen-bond donors (Lipinski definition) is 0. The van der Waals surface area contributed by atoms with Crippen molar-refractivity contribution in [2.75, 3.05) is 0 Å². The molecule has 0 saturated carbocycles. The highest BCUT2D eigenvalue weighted by Crippen LogP contribution is 2.28. The molecule has 0 unspecified atom stereocenters. The van der Waals surface area contributed by atoms with Gasteiger partial charge >= 0.3 is 0 Å². The van der Waals surface area contributed by atoms with Crippen molar-refractivity contribution in [3.8, 4) is 23.0 Å². The molecule has 0 aliphatic heterocycles. The van der Waals surface area contributed by atoms with Crippen LogP contribution in [0.15, 0.2) is 59.4 Å². The van der Waals surface area contributed by atoms with Gasteiger partial charge in [0.2, 0.25) is 17.6 Å². The average Bonchev–Trinajstić information content (AvgIpc) is 3.16. The highest BCUT2D eigenvalue weighted by Gasteiger charge is 2.11. The molecule has 2 aromatic carbocycles. The molecule has 130 valence electrons. The Morgan fingerprint density at radius 2 is 1.96 bits per heavy atom. The largest absolute Gasteiger partial charge is 0.438 e. The SMILES string of the molecule is CCCCc1nc(-c2cccc(Oc3ncnc4ccccc34)c2)no1. The first-order valence-electron chi connectivity index (χ1n) is 8.64. The van der Waals surface area contributed by atoms with E-state index in [9.17, 15) is 0 Å². The van der Waals surface area contributed by atoms with Crippen molar-refractivity contribution in [2.24, 2.45) is 0 Å². The van der Waals surface area contributed by atoms with Gasteiger partial charge in [-0.15, -0.1) is 0 Å². The lowest BCUT2D eigenvalue weighted by atomic mass is 10.2. The zero-order valence-corrected chi connectivity index (χ0v) is 14.4. The number of benzene rings is 2. The lowest BCUT2D eigenvalue weighted by Gasteiger charge is -2.07. The summed E-state index contributed by atoms with van der Waals surface area (Å²) >= 11 is 0. The van der Waals surface area contributed by atoms with Crippen molar-refractivity contribution in [2.45, 2.75) is 26.2 Å². The van der Waals surface area contributed by atoms with Crippen molar-refractivity contribution < 1.29 is 9.26 Å². The van der Waals surface area contributed by atoms with Gasteiger partial charge in [0.1, 0.15) is 12.1 Å². The number of ether oxygens (including phenoxy) is 1. The molecule has 4 rings (SSSR count). The Hall–Kier alpha value is -3.28. The molecule has 6 nitrogen and oxygen atoms in total. The van der Waals surface area contributed by atoms with Crippen LogP contribution < -0.4 is 4.74 Å². The summed E-state index contributed by atoms with van der Waals surface area (Å²) in [5, 5.41) is 4.93. The molecule has 0 amide bonds. The summed E-state index contributed by atoms with van der Waals surface area (Å²) in [6.45, 7) is 2.13. The summed E-state index contributed by atoms with van der Waals surface area (Å²) in [6.07, 6.45) is 4.42. The van der Waals surface area contributed by atoms with E-state index in [1.165, 1.54) is 6.33 Å². The van der Waals surface area contributed by atoms with Gasteiger partial charge in [-0.2, -0.15) is 4.98 Å². The number of fused-ring (bicyclic) bond motifs is 1. The highest BCUT2D eigenvalue weighted by atomic mass is 16.5. The molecule has 26 heavy (non-hydrogen) atoms. The quantitative estimate of drug-likeness (QED) is 0.498. The predicted molar refractivity (Wildman–Crippen MR) is 98.0 cm³/mol. The van der Waals surface area contributed by atoms with Crippen LogP contribution in [-0.4, -0.2) is 20.1 Å². The number of nitrogens with zero attached hydrogens (tertiary/aromatic N) is 4. The first kappa shape index (κ1) is 16.2. The van der Waals surface area contributed by atoms with Gasteiger partial charge in [0.25, 0.3) is 0 Å². The molecule has 0 fully saturated rings. The minimum atomic E-state index is 0.518. The van der Waals surface area contributed by atoms with Crippen LogP contribution in [0.5, 0.6) is 11.6 Å². The van der Waals surface area contributed by atoms with E-state index in [0.29, 0.717) is 23.3 Å². The number of unbranched alkanes of at least 4 members (excludes halogenated alkanes) is 1. The molecular weight excluding hydrogens is 328 g/mol. The third kappa shape index (κ3) is 3.39. The third-order valence-electron chi connectivity index (χ3n) is 4.03. The van der Waals surface area contributed by atoms with Crippen LogP contribution in [0.4, 0.5) is 0 Å². The van der Waals surface area contributed by atoms with Crippen LogP contribution in [-0.2, 0) is 6.42 Å². The second kappa shape index (κ2) is 7.31. The van der Waals surface area contributed by atoms with E-state index < -0.39 is 0 Å². The standard InChI is InChI=1S/C20H18N4O2/c1-2-3-11-18-23-19(24-26-18)14-7-6-8-15(12-14)25-20-16-9-4-5-10-17(16)21-13-22-20/h4-10,12-13H,2-3,11H2,1H3. The van der Waals surface area contributed by atoms with Gasteiger partial charge in [-0.05, 0) is 30.7 Å². The Balaban J connectivity index is 1.60. The number of rotatable bonds is 6. The fraction of sp³-hybridized carbons (Fsp3) is 0.200. The van der Waals surface area contributed by atoms with E-state index in [-0.39, 0.29) is 0 Å². The van der Waals surface area contributed by atoms with E-state index in [0.717, 1.165) is 35.7 Å². The van der Waals surface area contributed by atoms with Crippen molar-refractivity contribution in [3.63, 3.8) is 0 Å². The summed E-state index contributed by atoms with van der Waals surface area (Å²) in [4.78, 5) is 13.0. The molecule has 0 aliphatic carbocycles. The Kier molecular flexibility index (Phi) is 4.55. The molecule has 0 aliphatic rings. The van der Waals surface area contributed by atoms with Gasteiger partial charge in [-0.25, -0.2) is 9.97 Å². The maximum atomic E-state index is 5.99. The summed E-state index contributed by atoms with van der Waals surface area (Å²) < 4.78 is 11.3. The molecule has 0 N–H and O–H groups in total. The molecule has 6 heteroatoms. The molecule has 0 atom stereocenters. The van der Waals surface area contributed by atoms with Crippen LogP contribution in [0.25, 0.3) is 22.3 Å². The van der Waals surface area contributed by atoms with Crippen molar-refractivity contribution in [3.05, 3.63) is 60.7 Å². The number of aryl methyl sites for hydroxylation is 1. The second-order valence-electron chi connectivity index (χ2n) is 5.94. The smallest absolute Gasteiger partial charge is 0.230 e. The molecule has 0 bridgehead atoms. The summed E-state index contributed by atoms with van der Waals surface area (Å²) in [5.41, 5.74) is 1.68. The fourth-order valence-corrected chi connectivity index (χ4v) is 2.67. The van der Waals surface area contributed by atoms with Gasteiger partial charge in [0, 0.05) is 12.0 Å². The van der Waals surface area contributed by atoms with E-state index in [1.54, 1.807) is 0 Å². The predicted octanol–water partition coefficient (Wildman–Crippen LogP) is 4.81. The monoisotopic (exact) mass is 346 g/mol.